The van der Waals surface area contributed by atoms with Crippen LogP contribution < -0.4 is 9.64 Å². The van der Waals surface area contributed by atoms with Gasteiger partial charge >= 0.3 is 0 Å². The molecule has 0 radical (unpaired) electrons. The topological polar surface area (TPSA) is 85.5 Å². The fourth-order valence-electron chi connectivity index (χ4n) is 2.79. The molecule has 1 amide bonds. The van der Waals surface area contributed by atoms with Crippen LogP contribution in [0.2, 0.25) is 0 Å². The highest BCUT2D eigenvalue weighted by atomic mass is 79.9. The lowest BCUT2D eigenvalue weighted by molar-refractivity contribution is -0.117. The van der Waals surface area contributed by atoms with Gasteiger partial charge in [-0.2, -0.15) is 0 Å². The maximum absolute atomic E-state index is 14.2. The van der Waals surface area contributed by atoms with E-state index in [0.29, 0.717) is 35.9 Å². The normalized spacial score (nSPS) is 14.5. The Kier molecular flexibility index (Phi) is 3.83. The minimum absolute atomic E-state index is 0.0252. The van der Waals surface area contributed by atoms with Crippen LogP contribution in [0, 0.1) is 5.82 Å². The zero-order valence-electron chi connectivity index (χ0n) is 13.1. The standard InChI is InChI=1S/C15H12BrFN6O2/c1-25-10-5-11-18-7-9(13-8(17)6-19-15(16)20-13)23(11)21-14(10)22-4-2-3-12(22)24/h5-7H,2-4H2,1H3. The predicted molar refractivity (Wildman–Crippen MR) is 89.8 cm³/mol. The lowest BCUT2D eigenvalue weighted by atomic mass is 10.3. The number of rotatable bonds is 3. The van der Waals surface area contributed by atoms with E-state index in [1.54, 1.807) is 11.0 Å². The first-order valence-corrected chi connectivity index (χ1v) is 8.29. The summed E-state index contributed by atoms with van der Waals surface area (Å²) in [7, 11) is 1.50. The van der Waals surface area contributed by atoms with E-state index in [1.807, 2.05) is 0 Å². The van der Waals surface area contributed by atoms with E-state index in [0.717, 1.165) is 12.6 Å². The molecule has 0 atom stereocenters. The van der Waals surface area contributed by atoms with E-state index in [9.17, 15) is 9.18 Å². The molecule has 0 saturated carbocycles. The third-order valence-electron chi connectivity index (χ3n) is 3.95. The second-order valence-electron chi connectivity index (χ2n) is 5.43. The molecule has 1 aliphatic rings. The van der Waals surface area contributed by atoms with Crippen molar-refractivity contribution in [1.29, 1.82) is 0 Å². The summed E-state index contributed by atoms with van der Waals surface area (Å²) in [4.78, 5) is 25.7. The van der Waals surface area contributed by atoms with Crippen molar-refractivity contribution in [3.63, 3.8) is 0 Å². The van der Waals surface area contributed by atoms with Crippen LogP contribution in [0.4, 0.5) is 10.2 Å². The summed E-state index contributed by atoms with van der Waals surface area (Å²) in [5, 5.41) is 4.48. The summed E-state index contributed by atoms with van der Waals surface area (Å²) >= 11 is 3.13. The van der Waals surface area contributed by atoms with Gasteiger partial charge in [0.1, 0.15) is 11.4 Å². The summed E-state index contributed by atoms with van der Waals surface area (Å²) < 4.78 is 21.2. The molecule has 0 N–H and O–H groups in total. The third kappa shape index (κ3) is 2.62. The molecule has 1 aliphatic heterocycles. The predicted octanol–water partition coefficient (Wildman–Crippen LogP) is 2.22. The Morgan fingerprint density at radius 1 is 1.32 bits per heavy atom. The first-order chi connectivity index (χ1) is 12.1. The number of anilines is 1. The Labute approximate surface area is 149 Å². The van der Waals surface area contributed by atoms with Gasteiger partial charge in [0.2, 0.25) is 5.91 Å². The number of amides is 1. The van der Waals surface area contributed by atoms with Gasteiger partial charge in [0.15, 0.2) is 27.8 Å². The number of aromatic nitrogens is 5. The van der Waals surface area contributed by atoms with Gasteiger partial charge in [-0.1, -0.05) is 0 Å². The summed E-state index contributed by atoms with van der Waals surface area (Å²) in [5.74, 6) is 0.193. The molecule has 128 valence electrons. The second kappa shape index (κ2) is 6.03. The minimum Gasteiger partial charge on any atom is -0.493 e. The smallest absolute Gasteiger partial charge is 0.228 e. The lowest BCUT2D eigenvalue weighted by Gasteiger charge is -2.17. The monoisotopic (exact) mass is 406 g/mol. The van der Waals surface area contributed by atoms with Crippen molar-refractivity contribution in [2.75, 3.05) is 18.6 Å². The Bertz CT molecular complexity index is 992. The average molecular weight is 407 g/mol. The van der Waals surface area contributed by atoms with Crippen molar-refractivity contribution in [1.82, 2.24) is 24.6 Å². The maximum Gasteiger partial charge on any atom is 0.228 e. The summed E-state index contributed by atoms with van der Waals surface area (Å²) in [6.07, 6.45) is 3.76. The molecule has 0 aliphatic carbocycles. The van der Waals surface area contributed by atoms with Crippen LogP contribution in [-0.4, -0.2) is 44.1 Å². The van der Waals surface area contributed by atoms with E-state index < -0.39 is 5.82 Å². The maximum atomic E-state index is 14.2. The lowest BCUT2D eigenvalue weighted by Crippen LogP contribution is -2.26. The minimum atomic E-state index is -0.596. The van der Waals surface area contributed by atoms with E-state index in [-0.39, 0.29) is 16.3 Å². The van der Waals surface area contributed by atoms with Gasteiger partial charge in [-0.05, 0) is 22.4 Å². The van der Waals surface area contributed by atoms with Gasteiger partial charge in [-0.25, -0.2) is 23.9 Å². The average Bonchev–Trinajstić information content (AvgIpc) is 3.21. The molecule has 1 fully saturated rings. The molecule has 3 aromatic heterocycles. The molecule has 25 heavy (non-hydrogen) atoms. The van der Waals surface area contributed by atoms with Gasteiger partial charge in [-0.15, -0.1) is 5.10 Å². The highest BCUT2D eigenvalue weighted by molar-refractivity contribution is 9.10. The van der Waals surface area contributed by atoms with Crippen molar-refractivity contribution in [2.45, 2.75) is 12.8 Å². The number of halogens is 2. The summed E-state index contributed by atoms with van der Waals surface area (Å²) in [6.45, 7) is 0.561. The Hall–Kier alpha value is -2.62. The fourth-order valence-corrected chi connectivity index (χ4v) is 3.07. The molecule has 4 rings (SSSR count). The van der Waals surface area contributed by atoms with E-state index in [2.05, 4.69) is 36.0 Å². The van der Waals surface area contributed by atoms with Crippen LogP contribution in [0.3, 0.4) is 0 Å². The van der Waals surface area contributed by atoms with Crippen LogP contribution in [-0.2, 0) is 4.79 Å². The van der Waals surface area contributed by atoms with Gasteiger partial charge in [0, 0.05) is 19.0 Å². The highest BCUT2D eigenvalue weighted by Gasteiger charge is 2.27. The molecule has 0 spiro atoms. The number of nitrogens with zero attached hydrogens (tertiary/aromatic N) is 6. The van der Waals surface area contributed by atoms with Crippen molar-refractivity contribution in [3.8, 4) is 17.1 Å². The van der Waals surface area contributed by atoms with Crippen LogP contribution in [0.5, 0.6) is 5.75 Å². The molecule has 8 nitrogen and oxygen atoms in total. The van der Waals surface area contributed by atoms with E-state index >= 15 is 0 Å². The van der Waals surface area contributed by atoms with Gasteiger partial charge < -0.3 is 4.74 Å². The molecule has 0 aromatic carbocycles. The largest absolute Gasteiger partial charge is 0.493 e. The molecule has 0 bridgehead atoms. The number of hydrogen-bond donors (Lipinski definition) is 0. The van der Waals surface area contributed by atoms with Gasteiger partial charge in [0.05, 0.1) is 19.5 Å². The highest BCUT2D eigenvalue weighted by Crippen LogP contribution is 2.32. The first-order valence-electron chi connectivity index (χ1n) is 7.50. The molecular weight excluding hydrogens is 395 g/mol. The third-order valence-corrected chi connectivity index (χ3v) is 4.33. The zero-order chi connectivity index (χ0) is 17.6. The van der Waals surface area contributed by atoms with Crippen LogP contribution in [0.15, 0.2) is 23.2 Å². The first kappa shape index (κ1) is 15.9. The van der Waals surface area contributed by atoms with Crippen molar-refractivity contribution in [2.24, 2.45) is 0 Å². The number of hydrogen-bond acceptors (Lipinski definition) is 6. The van der Waals surface area contributed by atoms with Crippen molar-refractivity contribution < 1.29 is 13.9 Å². The summed E-state index contributed by atoms with van der Waals surface area (Å²) in [6, 6.07) is 1.66. The number of imidazole rings is 1. The van der Waals surface area contributed by atoms with Crippen LogP contribution in [0.25, 0.3) is 17.0 Å². The Morgan fingerprint density at radius 2 is 2.16 bits per heavy atom. The molecule has 3 aromatic rings. The van der Waals surface area contributed by atoms with Gasteiger partial charge in [0.25, 0.3) is 0 Å². The molecule has 4 heterocycles. The second-order valence-corrected chi connectivity index (χ2v) is 6.14. The van der Waals surface area contributed by atoms with Gasteiger partial charge in [-0.3, -0.25) is 9.69 Å². The van der Waals surface area contributed by atoms with Crippen molar-refractivity contribution in [3.05, 3.63) is 29.0 Å². The van der Waals surface area contributed by atoms with E-state index in [1.165, 1.54) is 17.8 Å². The molecule has 0 unspecified atom stereocenters. The number of fused-ring (bicyclic) bond motifs is 1. The SMILES string of the molecule is COc1cc2ncc(-c3nc(Br)ncc3F)n2nc1N1CCCC1=O. The van der Waals surface area contributed by atoms with Crippen LogP contribution in [0.1, 0.15) is 12.8 Å². The number of carbonyl (C=O) groups is 1. The number of carbonyl (C=O) groups excluding carboxylic acids is 1. The number of ether oxygens (including phenoxy) is 1. The Morgan fingerprint density at radius 3 is 2.88 bits per heavy atom. The Balaban J connectivity index is 1.93. The quantitative estimate of drug-likeness (QED) is 0.619. The van der Waals surface area contributed by atoms with E-state index in [4.69, 9.17) is 4.74 Å². The molecule has 10 heteroatoms. The summed E-state index contributed by atoms with van der Waals surface area (Å²) in [5.41, 5.74) is 0.869. The van der Waals surface area contributed by atoms with Crippen LogP contribution >= 0.6 is 15.9 Å². The van der Waals surface area contributed by atoms with Crippen molar-refractivity contribution >= 4 is 33.3 Å². The number of methoxy groups -OCH3 is 1. The molecule has 1 saturated heterocycles. The molecular formula is C15H12BrFN6O2. The zero-order valence-corrected chi connectivity index (χ0v) is 14.7. The fraction of sp³-hybridized carbons (Fsp3) is 0.267.